The van der Waals surface area contributed by atoms with Crippen LogP contribution in [0.4, 0.5) is 5.69 Å². The van der Waals surface area contributed by atoms with E-state index in [4.69, 9.17) is 11.6 Å². The molecule has 0 bridgehead atoms. The first-order chi connectivity index (χ1) is 6.61. The van der Waals surface area contributed by atoms with Crippen LogP contribution in [0.25, 0.3) is 11.0 Å². The Morgan fingerprint density at radius 1 is 1.57 bits per heavy atom. The SMILES string of the molecule is O=[N+]([O-])c1ccc(Cl)c2c1[nH]o[n+]2=O. The van der Waals surface area contributed by atoms with E-state index in [0.717, 1.165) is 0 Å². The van der Waals surface area contributed by atoms with Crippen molar-refractivity contribution in [3.63, 3.8) is 0 Å². The summed E-state index contributed by atoms with van der Waals surface area (Å²) in [6.07, 6.45) is 0. The number of rotatable bonds is 1. The van der Waals surface area contributed by atoms with Gasteiger partial charge in [0.05, 0.1) is 4.92 Å². The molecule has 0 amide bonds. The van der Waals surface area contributed by atoms with Crippen molar-refractivity contribution in [2.24, 2.45) is 0 Å². The second kappa shape index (κ2) is 2.81. The largest absolute Gasteiger partial charge is 0.324 e. The molecule has 0 saturated carbocycles. The molecule has 7 nitrogen and oxygen atoms in total. The van der Waals surface area contributed by atoms with E-state index in [1.54, 1.807) is 0 Å². The van der Waals surface area contributed by atoms with Gasteiger partial charge in [-0.05, 0) is 11.0 Å². The summed E-state index contributed by atoms with van der Waals surface area (Å²) in [5, 5.41) is 12.7. The van der Waals surface area contributed by atoms with E-state index in [0.29, 0.717) is 0 Å². The number of nitrogens with zero attached hydrogens (tertiary/aromatic N) is 2. The molecule has 0 unspecified atom stereocenters. The van der Waals surface area contributed by atoms with Crippen LogP contribution >= 0.6 is 11.6 Å². The second-order valence-electron chi connectivity index (χ2n) is 2.50. The summed E-state index contributed by atoms with van der Waals surface area (Å²) in [6, 6.07) is 2.45. The van der Waals surface area contributed by atoms with Crippen LogP contribution in [-0.2, 0) is 0 Å². The molecular weight excluding hydrogens is 214 g/mol. The van der Waals surface area contributed by atoms with Gasteiger partial charge in [-0.3, -0.25) is 10.1 Å². The number of benzene rings is 1. The maximum absolute atomic E-state index is 11.0. The van der Waals surface area contributed by atoms with Crippen molar-refractivity contribution in [2.75, 3.05) is 0 Å². The summed E-state index contributed by atoms with van der Waals surface area (Å²) >= 11 is 5.66. The molecule has 1 aromatic carbocycles. The Hall–Kier alpha value is -1.89. The van der Waals surface area contributed by atoms with E-state index in [1.807, 2.05) is 0 Å². The molecule has 8 heteroatoms. The number of fused-ring (bicyclic) bond motifs is 1. The number of hydrogen-bond donors (Lipinski definition) is 1. The zero-order valence-electron chi connectivity index (χ0n) is 6.56. The molecule has 2 aromatic rings. The fourth-order valence-electron chi connectivity index (χ4n) is 1.12. The number of halogens is 1. The van der Waals surface area contributed by atoms with Crippen LogP contribution in [0.5, 0.6) is 0 Å². The highest BCUT2D eigenvalue weighted by Crippen LogP contribution is 2.26. The molecule has 1 aromatic heterocycles. The Balaban J connectivity index is 2.98. The molecular formula is C6H3ClN3O4+. The molecule has 0 radical (unpaired) electrons. The Bertz CT molecular complexity index is 572. The Kier molecular flexibility index (Phi) is 1.74. The summed E-state index contributed by atoms with van der Waals surface area (Å²) in [5.41, 5.74) is -0.374. The average molecular weight is 217 g/mol. The van der Waals surface area contributed by atoms with Gasteiger partial charge in [0.25, 0.3) is 11.0 Å². The quantitative estimate of drug-likeness (QED) is 0.573. The van der Waals surface area contributed by atoms with E-state index in [1.165, 1.54) is 12.1 Å². The Morgan fingerprint density at radius 2 is 2.29 bits per heavy atom. The van der Waals surface area contributed by atoms with Gasteiger partial charge in [0.2, 0.25) is 0 Å². The molecule has 0 saturated heterocycles. The minimum absolute atomic E-state index is 0.0301. The van der Waals surface area contributed by atoms with Crippen LogP contribution < -0.4 is 4.60 Å². The standard InChI is InChI=1S/C6H3ClN3O4/c7-3-1-2-4(9(11)12)5-6(3)10(13)14-8-5/h1-2,8H/q+1. The summed E-state index contributed by atoms with van der Waals surface area (Å²) < 4.78 is 4.42. The topological polar surface area (TPSA) is 95.0 Å². The number of nitro groups is 1. The van der Waals surface area contributed by atoms with E-state index < -0.39 is 4.92 Å². The van der Waals surface area contributed by atoms with Gasteiger partial charge < -0.3 is 0 Å². The van der Waals surface area contributed by atoms with Gasteiger partial charge in [-0.25, -0.2) is 0 Å². The fourth-order valence-corrected chi connectivity index (χ4v) is 1.35. The lowest BCUT2D eigenvalue weighted by molar-refractivity contribution is -0.692. The van der Waals surface area contributed by atoms with Gasteiger partial charge in [-0.1, -0.05) is 21.4 Å². The molecule has 0 spiro atoms. The summed E-state index contributed by atoms with van der Waals surface area (Å²) in [6.45, 7) is 0. The predicted octanol–water partition coefficient (Wildman–Crippen LogP) is 1.24. The number of hydrogen-bond acceptors (Lipinski definition) is 4. The van der Waals surface area contributed by atoms with E-state index >= 15 is 0 Å². The monoisotopic (exact) mass is 216 g/mol. The fraction of sp³-hybridized carbons (Fsp3) is 0. The first-order valence-corrected chi connectivity index (χ1v) is 3.86. The van der Waals surface area contributed by atoms with Gasteiger partial charge in [-0.15, -0.1) is 0 Å². The van der Waals surface area contributed by atoms with Gasteiger partial charge in [-0.2, -0.15) is 0 Å². The number of aromatic nitrogens is 2. The highest BCUT2D eigenvalue weighted by atomic mass is 35.5. The molecule has 0 aliphatic heterocycles. The average Bonchev–Trinajstić information content (AvgIpc) is 2.49. The van der Waals surface area contributed by atoms with Gasteiger partial charge in [0, 0.05) is 6.07 Å². The lowest BCUT2D eigenvalue weighted by Gasteiger charge is -1.87. The molecule has 0 aliphatic rings. The van der Waals surface area contributed by atoms with Crippen molar-refractivity contribution in [3.8, 4) is 0 Å². The number of nitrogens with one attached hydrogen (secondary N) is 1. The molecule has 14 heavy (non-hydrogen) atoms. The first-order valence-electron chi connectivity index (χ1n) is 3.48. The van der Waals surface area contributed by atoms with Crippen LogP contribution in [0.15, 0.2) is 16.8 Å². The van der Waals surface area contributed by atoms with Crippen molar-refractivity contribution < 1.29 is 14.2 Å². The molecule has 0 fully saturated rings. The molecule has 1 N–H and O–H groups in total. The highest BCUT2D eigenvalue weighted by molar-refractivity contribution is 6.34. The van der Waals surface area contributed by atoms with Crippen molar-refractivity contribution in [3.05, 3.63) is 32.2 Å². The normalized spacial score (nSPS) is 10.6. The van der Waals surface area contributed by atoms with E-state index in [9.17, 15) is 15.0 Å². The molecule has 0 atom stereocenters. The predicted molar refractivity (Wildman–Crippen MR) is 45.6 cm³/mol. The van der Waals surface area contributed by atoms with Crippen LogP contribution in [0.1, 0.15) is 0 Å². The minimum Gasteiger partial charge on any atom is -0.258 e. The lowest BCUT2D eigenvalue weighted by atomic mass is 10.3. The van der Waals surface area contributed by atoms with Crippen molar-refractivity contribution in [1.29, 1.82) is 0 Å². The highest BCUT2D eigenvalue weighted by Gasteiger charge is 2.25. The molecule has 0 aliphatic carbocycles. The number of H-pyrrole nitrogens is 1. The molecule has 72 valence electrons. The smallest absolute Gasteiger partial charge is 0.258 e. The van der Waals surface area contributed by atoms with Gasteiger partial charge >= 0.3 is 5.69 Å². The number of aromatic amines is 1. The third kappa shape index (κ3) is 1.06. The van der Waals surface area contributed by atoms with Crippen molar-refractivity contribution in [2.45, 2.75) is 0 Å². The van der Waals surface area contributed by atoms with Crippen LogP contribution in [0.2, 0.25) is 5.02 Å². The maximum Gasteiger partial charge on any atom is 0.324 e. The number of nitro benzene ring substituents is 1. The molecule has 2 rings (SSSR count). The summed E-state index contributed by atoms with van der Waals surface area (Å²) in [4.78, 5) is 20.9. The third-order valence-electron chi connectivity index (χ3n) is 1.72. The molecule has 1 heterocycles. The van der Waals surface area contributed by atoms with Crippen molar-refractivity contribution >= 4 is 28.3 Å². The van der Waals surface area contributed by atoms with Crippen molar-refractivity contribution in [1.82, 2.24) is 5.16 Å². The van der Waals surface area contributed by atoms with Crippen LogP contribution in [-0.4, -0.2) is 10.1 Å². The lowest BCUT2D eigenvalue weighted by Crippen LogP contribution is -2.09. The van der Waals surface area contributed by atoms with Gasteiger partial charge in [0.1, 0.15) is 5.02 Å². The third-order valence-corrected chi connectivity index (χ3v) is 2.02. The van der Waals surface area contributed by atoms with E-state index in [2.05, 4.69) is 9.79 Å². The Morgan fingerprint density at radius 3 is 2.93 bits per heavy atom. The zero-order chi connectivity index (χ0) is 10.3. The Labute approximate surface area is 80.6 Å². The first kappa shape index (κ1) is 8.70. The second-order valence-corrected chi connectivity index (χ2v) is 2.90. The van der Waals surface area contributed by atoms with E-state index in [-0.39, 0.29) is 26.3 Å². The summed E-state index contributed by atoms with van der Waals surface area (Å²) in [5.74, 6) is 0. The van der Waals surface area contributed by atoms with Gasteiger partial charge in [0.15, 0.2) is 4.60 Å². The summed E-state index contributed by atoms with van der Waals surface area (Å²) in [7, 11) is 0. The zero-order valence-corrected chi connectivity index (χ0v) is 7.32. The minimum atomic E-state index is -0.634. The van der Waals surface area contributed by atoms with Crippen LogP contribution in [0, 0.1) is 15.0 Å². The maximum atomic E-state index is 11.0. The number of non-ortho nitro benzene ring substituents is 1. The van der Waals surface area contributed by atoms with Crippen LogP contribution in [0.3, 0.4) is 0 Å².